The highest BCUT2D eigenvalue weighted by Crippen LogP contribution is 2.41. The molecule has 1 heterocycles. The highest BCUT2D eigenvalue weighted by atomic mass is 35.5. The number of benzene rings is 1. The van der Waals surface area contributed by atoms with Crippen molar-refractivity contribution in [2.45, 2.75) is 12.4 Å². The first-order valence-corrected chi connectivity index (χ1v) is 7.20. The fourth-order valence-corrected chi connectivity index (χ4v) is 2.99. The first-order chi connectivity index (χ1) is 10.8. The minimum Gasteiger partial charge on any atom is -0.323 e. The van der Waals surface area contributed by atoms with Gasteiger partial charge >= 0.3 is 12.4 Å². The monoisotopic (exact) mass is 407 g/mol. The van der Waals surface area contributed by atoms with Crippen LogP contribution in [-0.4, -0.2) is 23.5 Å². The molecule has 24 heavy (non-hydrogen) atoms. The molecule has 1 aliphatic heterocycles. The Morgan fingerprint density at radius 3 is 1.92 bits per heavy atom. The zero-order valence-electron chi connectivity index (χ0n) is 11.2. The Morgan fingerprint density at radius 2 is 1.50 bits per heavy atom. The fraction of sp³-hybridized carbons (Fsp3) is 0.231. The van der Waals surface area contributed by atoms with Crippen LogP contribution in [0.1, 0.15) is 5.56 Å². The predicted molar refractivity (Wildman–Crippen MR) is 80.6 cm³/mol. The Balaban J connectivity index is 2.49. The lowest BCUT2D eigenvalue weighted by Gasteiger charge is -2.30. The van der Waals surface area contributed by atoms with E-state index in [0.29, 0.717) is 18.2 Å². The van der Waals surface area contributed by atoms with Crippen molar-refractivity contribution in [1.82, 2.24) is 0 Å². The van der Waals surface area contributed by atoms with E-state index >= 15 is 0 Å². The lowest BCUT2D eigenvalue weighted by atomic mass is 10.0. The smallest absolute Gasteiger partial charge is 0.323 e. The number of rotatable bonds is 1. The Morgan fingerprint density at radius 1 is 1.00 bits per heavy atom. The van der Waals surface area contributed by atoms with Crippen molar-refractivity contribution >= 4 is 51.9 Å². The molecule has 0 unspecified atom stereocenters. The third-order valence-electron chi connectivity index (χ3n) is 3.08. The average Bonchev–Trinajstić information content (AvgIpc) is 2.40. The van der Waals surface area contributed by atoms with Gasteiger partial charge in [-0.1, -0.05) is 35.4 Å². The topological polar surface area (TPSA) is 20.3 Å². The summed E-state index contributed by atoms with van der Waals surface area (Å²) in [4.78, 5) is 11.9. The van der Waals surface area contributed by atoms with Crippen LogP contribution in [0.5, 0.6) is 0 Å². The van der Waals surface area contributed by atoms with E-state index < -0.39 is 50.9 Å². The van der Waals surface area contributed by atoms with Gasteiger partial charge in [-0.25, -0.2) is 0 Å². The molecule has 0 saturated carbocycles. The zero-order chi connectivity index (χ0) is 18.4. The molecule has 0 N–H and O–H groups in total. The number of anilines is 1. The molecule has 0 amide bonds. The van der Waals surface area contributed by atoms with Crippen molar-refractivity contribution in [2.24, 2.45) is 0 Å². The molecule has 1 aliphatic rings. The van der Waals surface area contributed by atoms with E-state index in [1.54, 1.807) is 0 Å². The zero-order valence-corrected chi connectivity index (χ0v) is 13.6. The maximum Gasteiger partial charge on any atom is 0.420 e. The van der Waals surface area contributed by atoms with Gasteiger partial charge in [-0.3, -0.25) is 4.79 Å². The number of nitrogens with zero attached hydrogens (tertiary/aromatic N) is 1. The first-order valence-electron chi connectivity index (χ1n) is 6.04. The van der Waals surface area contributed by atoms with E-state index in [1.165, 1.54) is 0 Å². The van der Waals surface area contributed by atoms with Crippen molar-refractivity contribution in [3.8, 4) is 0 Å². The summed E-state index contributed by atoms with van der Waals surface area (Å²) in [7, 11) is 0. The number of carbonyl (C=O) groups excluding carboxylic acids is 1. The summed E-state index contributed by atoms with van der Waals surface area (Å²) in [5, 5.41) is -0.984. The second-order valence-electron chi connectivity index (χ2n) is 4.65. The summed E-state index contributed by atoms with van der Waals surface area (Å²) in [6.07, 6.45) is -9.03. The molecule has 0 fully saturated rings. The van der Waals surface area contributed by atoms with Crippen molar-refractivity contribution in [2.75, 3.05) is 11.4 Å². The summed E-state index contributed by atoms with van der Waals surface area (Å²) < 4.78 is 76.2. The van der Waals surface area contributed by atoms with Gasteiger partial charge in [-0.2, -0.15) is 26.3 Å². The van der Waals surface area contributed by atoms with E-state index in [2.05, 4.69) is 0 Å². The standard InChI is InChI=1S/C13H5Cl2F6NOS/c14-7-3-5(12(16,17)18)4-8(15)9(7)22-2-1-6(13(19,20)21)10(23)11(22)24/h1,3-4H,2H2. The van der Waals surface area contributed by atoms with Gasteiger partial charge in [0, 0.05) is 6.54 Å². The lowest BCUT2D eigenvalue weighted by Crippen LogP contribution is -2.43. The van der Waals surface area contributed by atoms with Gasteiger partial charge in [-0.05, 0) is 18.2 Å². The number of carbonyl (C=O) groups is 1. The van der Waals surface area contributed by atoms with Crippen molar-refractivity contribution < 1.29 is 31.1 Å². The van der Waals surface area contributed by atoms with Crippen LogP contribution >= 0.6 is 35.4 Å². The highest BCUT2D eigenvalue weighted by Gasteiger charge is 2.43. The predicted octanol–water partition coefficient (Wildman–Crippen LogP) is 5.22. The van der Waals surface area contributed by atoms with Crippen LogP contribution in [0.15, 0.2) is 23.8 Å². The van der Waals surface area contributed by atoms with Crippen LogP contribution in [0.25, 0.3) is 0 Å². The van der Waals surface area contributed by atoms with Crippen LogP contribution in [0, 0.1) is 0 Å². The highest BCUT2D eigenvalue weighted by molar-refractivity contribution is 7.82. The summed E-state index contributed by atoms with van der Waals surface area (Å²) in [6, 6.07) is 1.11. The Hall–Kier alpha value is -1.32. The summed E-state index contributed by atoms with van der Waals surface area (Å²) in [5.41, 5.74) is -2.84. The molecule has 0 saturated heterocycles. The molecular formula is C13H5Cl2F6NOS. The van der Waals surface area contributed by atoms with Gasteiger partial charge in [0.1, 0.15) is 5.57 Å². The maximum absolute atomic E-state index is 12.7. The SMILES string of the molecule is O=C1C(=S)N(c2c(Cl)cc(C(F)(F)F)cc2Cl)CC=C1C(F)(F)F. The van der Waals surface area contributed by atoms with Gasteiger partial charge in [0.15, 0.2) is 4.99 Å². The third-order valence-corrected chi connectivity index (χ3v) is 4.06. The van der Waals surface area contributed by atoms with Gasteiger partial charge in [0.2, 0.25) is 5.78 Å². The molecule has 2 rings (SSSR count). The van der Waals surface area contributed by atoms with Gasteiger partial charge in [0.05, 0.1) is 21.3 Å². The molecular weight excluding hydrogens is 403 g/mol. The Bertz CT molecular complexity index is 733. The number of halogens is 8. The molecule has 0 aromatic heterocycles. The normalized spacial score (nSPS) is 16.5. The summed E-state index contributed by atoms with van der Waals surface area (Å²) in [6.45, 7) is -0.510. The van der Waals surface area contributed by atoms with Gasteiger partial charge in [0.25, 0.3) is 0 Å². The fourth-order valence-electron chi connectivity index (χ4n) is 2.02. The van der Waals surface area contributed by atoms with Crippen LogP contribution in [0.2, 0.25) is 10.0 Å². The van der Waals surface area contributed by atoms with Gasteiger partial charge < -0.3 is 4.90 Å². The van der Waals surface area contributed by atoms with Crippen LogP contribution in [0.4, 0.5) is 32.0 Å². The summed E-state index contributed by atoms with van der Waals surface area (Å²) in [5.74, 6) is -1.48. The van der Waals surface area contributed by atoms with Crippen LogP contribution in [0.3, 0.4) is 0 Å². The number of ketones is 1. The number of alkyl halides is 6. The molecule has 1 aromatic carbocycles. The van der Waals surface area contributed by atoms with E-state index in [9.17, 15) is 31.1 Å². The maximum atomic E-state index is 12.7. The number of thiocarbonyl (C=S) groups is 1. The van der Waals surface area contributed by atoms with E-state index in [-0.39, 0.29) is 5.69 Å². The molecule has 1 aromatic rings. The molecule has 0 atom stereocenters. The van der Waals surface area contributed by atoms with Crippen molar-refractivity contribution in [3.63, 3.8) is 0 Å². The molecule has 2 nitrogen and oxygen atoms in total. The summed E-state index contributed by atoms with van der Waals surface area (Å²) >= 11 is 16.2. The number of hydrogen-bond donors (Lipinski definition) is 0. The minimum absolute atomic E-state index is 0.262. The largest absolute Gasteiger partial charge is 0.420 e. The second kappa shape index (κ2) is 6.20. The number of hydrogen-bond acceptors (Lipinski definition) is 2. The van der Waals surface area contributed by atoms with E-state index in [0.717, 1.165) is 4.90 Å². The molecule has 0 bridgehead atoms. The molecule has 0 radical (unpaired) electrons. The molecule has 11 heteroatoms. The first kappa shape index (κ1) is 19.0. The molecule has 0 aliphatic carbocycles. The average molecular weight is 408 g/mol. The van der Waals surface area contributed by atoms with Crippen LogP contribution < -0.4 is 4.90 Å². The van der Waals surface area contributed by atoms with E-state index in [1.807, 2.05) is 0 Å². The van der Waals surface area contributed by atoms with Gasteiger partial charge in [-0.15, -0.1) is 0 Å². The van der Waals surface area contributed by atoms with Crippen LogP contribution in [-0.2, 0) is 11.0 Å². The van der Waals surface area contributed by atoms with Crippen molar-refractivity contribution in [3.05, 3.63) is 39.4 Å². The second-order valence-corrected chi connectivity index (χ2v) is 5.85. The lowest BCUT2D eigenvalue weighted by molar-refractivity contribution is -0.137. The quantitative estimate of drug-likeness (QED) is 0.470. The van der Waals surface area contributed by atoms with Crippen molar-refractivity contribution in [1.29, 1.82) is 0 Å². The Labute approximate surface area is 146 Å². The Kier molecular flexibility index (Phi) is 4.91. The number of Topliss-reactive ketones (excluding diaryl/α,β-unsaturated/α-hetero) is 1. The molecule has 0 spiro atoms. The minimum atomic E-state index is -4.89. The third kappa shape index (κ3) is 3.52. The van der Waals surface area contributed by atoms with E-state index in [4.69, 9.17) is 35.4 Å². The molecule has 130 valence electrons.